The van der Waals surface area contributed by atoms with Gasteiger partial charge in [0, 0.05) is 36.9 Å². The van der Waals surface area contributed by atoms with E-state index in [1.54, 1.807) is 12.1 Å². The topological polar surface area (TPSA) is 32.8 Å². The van der Waals surface area contributed by atoms with Gasteiger partial charge < -0.3 is 14.5 Å². The lowest BCUT2D eigenvalue weighted by atomic mass is 10.2. The smallest absolute Gasteiger partial charge is 0.263 e. The average Bonchev–Trinajstić information content (AvgIpc) is 2.67. The quantitative estimate of drug-likeness (QED) is 0.791. The van der Waals surface area contributed by atoms with Crippen LogP contribution < -0.4 is 9.64 Å². The molecule has 0 aliphatic carbocycles. The van der Waals surface area contributed by atoms with Crippen LogP contribution in [0.1, 0.15) is 13.3 Å². The first-order chi connectivity index (χ1) is 12.6. The van der Waals surface area contributed by atoms with Crippen LogP contribution >= 0.6 is 11.6 Å². The van der Waals surface area contributed by atoms with E-state index in [4.69, 9.17) is 16.3 Å². The molecule has 1 saturated heterocycles. The second-order valence-electron chi connectivity index (χ2n) is 6.26. The summed E-state index contributed by atoms with van der Waals surface area (Å²) in [5.74, 6) is 0.153. The Morgan fingerprint density at radius 3 is 2.46 bits per heavy atom. The van der Waals surface area contributed by atoms with Gasteiger partial charge in [-0.1, -0.05) is 24.6 Å². The first-order valence-electron chi connectivity index (χ1n) is 8.78. The number of benzene rings is 2. The lowest BCUT2D eigenvalue weighted by Gasteiger charge is -2.37. The van der Waals surface area contributed by atoms with Crippen molar-refractivity contribution < 1.29 is 13.9 Å². The molecular formula is C20H22ClFN2O2. The number of anilines is 1. The molecule has 0 unspecified atom stereocenters. The molecule has 1 aliphatic rings. The summed E-state index contributed by atoms with van der Waals surface area (Å²) in [6.07, 6.45) is 0.00300. The van der Waals surface area contributed by atoms with Gasteiger partial charge in [0.05, 0.1) is 0 Å². The van der Waals surface area contributed by atoms with E-state index >= 15 is 0 Å². The Kier molecular flexibility index (Phi) is 5.99. The van der Waals surface area contributed by atoms with Crippen LogP contribution in [-0.4, -0.2) is 43.1 Å². The fourth-order valence-electron chi connectivity index (χ4n) is 3.05. The standard InChI is InChI=1S/C20H22ClFN2O2/c1-2-19(26-18-8-6-16(22)7-9-18)20(25)24-12-10-23(11-13-24)17-5-3-4-15(21)14-17/h3-9,14,19H,2,10-13H2,1H3/t19-/m1/s1. The number of amides is 1. The fourth-order valence-corrected chi connectivity index (χ4v) is 3.23. The minimum absolute atomic E-state index is 0.0254. The number of piperazine rings is 1. The second kappa shape index (κ2) is 8.41. The van der Waals surface area contributed by atoms with Crippen molar-refractivity contribution in [1.29, 1.82) is 0 Å². The highest BCUT2D eigenvalue weighted by Gasteiger charge is 2.28. The number of ether oxygens (including phenoxy) is 1. The Balaban J connectivity index is 1.58. The van der Waals surface area contributed by atoms with Gasteiger partial charge in [-0.3, -0.25) is 4.79 Å². The molecule has 4 nitrogen and oxygen atoms in total. The molecule has 0 saturated carbocycles. The number of carbonyl (C=O) groups excluding carboxylic acids is 1. The Bertz CT molecular complexity index is 746. The molecule has 1 aliphatic heterocycles. The third kappa shape index (κ3) is 4.47. The van der Waals surface area contributed by atoms with Crippen LogP contribution in [0, 0.1) is 5.82 Å². The molecule has 3 rings (SSSR count). The molecule has 0 radical (unpaired) electrons. The molecule has 2 aromatic carbocycles. The number of rotatable bonds is 5. The van der Waals surface area contributed by atoms with Crippen molar-refractivity contribution in [2.24, 2.45) is 0 Å². The highest BCUT2D eigenvalue weighted by atomic mass is 35.5. The molecule has 2 aromatic rings. The van der Waals surface area contributed by atoms with Crippen LogP contribution in [-0.2, 0) is 4.79 Å². The number of hydrogen-bond donors (Lipinski definition) is 0. The van der Waals surface area contributed by atoms with Gasteiger partial charge in [-0.05, 0) is 48.9 Å². The molecule has 1 fully saturated rings. The maximum Gasteiger partial charge on any atom is 0.263 e. The van der Waals surface area contributed by atoms with Gasteiger partial charge in [0.15, 0.2) is 6.10 Å². The van der Waals surface area contributed by atoms with Crippen LogP contribution in [0.4, 0.5) is 10.1 Å². The zero-order valence-corrected chi connectivity index (χ0v) is 15.5. The predicted molar refractivity (Wildman–Crippen MR) is 101 cm³/mol. The van der Waals surface area contributed by atoms with E-state index in [9.17, 15) is 9.18 Å². The largest absolute Gasteiger partial charge is 0.481 e. The van der Waals surface area contributed by atoms with Crippen molar-refractivity contribution in [3.8, 4) is 5.75 Å². The fraction of sp³-hybridized carbons (Fsp3) is 0.350. The highest BCUT2D eigenvalue weighted by Crippen LogP contribution is 2.22. The van der Waals surface area contributed by atoms with Crippen LogP contribution in [0.3, 0.4) is 0 Å². The second-order valence-corrected chi connectivity index (χ2v) is 6.70. The van der Waals surface area contributed by atoms with Crippen LogP contribution in [0.2, 0.25) is 5.02 Å². The van der Waals surface area contributed by atoms with Crippen molar-refractivity contribution >= 4 is 23.2 Å². The van der Waals surface area contributed by atoms with E-state index in [0.717, 1.165) is 18.8 Å². The maximum atomic E-state index is 13.0. The van der Waals surface area contributed by atoms with Gasteiger partial charge in [0.25, 0.3) is 5.91 Å². The van der Waals surface area contributed by atoms with Gasteiger partial charge in [0.1, 0.15) is 11.6 Å². The van der Waals surface area contributed by atoms with E-state index in [0.29, 0.717) is 30.3 Å². The third-order valence-electron chi connectivity index (χ3n) is 4.50. The van der Waals surface area contributed by atoms with Gasteiger partial charge in [-0.15, -0.1) is 0 Å². The Hall–Kier alpha value is -2.27. The molecule has 1 atom stereocenters. The SMILES string of the molecule is CC[C@@H](Oc1ccc(F)cc1)C(=O)N1CCN(c2cccc(Cl)c2)CC1. The number of hydrogen-bond acceptors (Lipinski definition) is 3. The molecule has 26 heavy (non-hydrogen) atoms. The molecule has 0 N–H and O–H groups in total. The van der Waals surface area contributed by atoms with Gasteiger partial charge in [0.2, 0.25) is 0 Å². The van der Waals surface area contributed by atoms with Crippen LogP contribution in [0.15, 0.2) is 48.5 Å². The minimum atomic E-state index is -0.557. The monoisotopic (exact) mass is 376 g/mol. The molecule has 1 heterocycles. The first kappa shape index (κ1) is 18.5. The molecule has 0 aromatic heterocycles. The molecule has 0 bridgehead atoms. The minimum Gasteiger partial charge on any atom is -0.481 e. The summed E-state index contributed by atoms with van der Waals surface area (Å²) in [6.45, 7) is 4.68. The molecule has 6 heteroatoms. The Labute approximate surface area is 158 Å². The van der Waals surface area contributed by atoms with E-state index in [-0.39, 0.29) is 11.7 Å². The van der Waals surface area contributed by atoms with Crippen LogP contribution in [0.5, 0.6) is 5.75 Å². The third-order valence-corrected chi connectivity index (χ3v) is 4.74. The van der Waals surface area contributed by atoms with E-state index in [2.05, 4.69) is 4.90 Å². The summed E-state index contributed by atoms with van der Waals surface area (Å²) in [4.78, 5) is 16.8. The predicted octanol–water partition coefficient (Wildman–Crippen LogP) is 3.99. The molecule has 1 amide bonds. The number of carbonyl (C=O) groups is 1. The summed E-state index contributed by atoms with van der Waals surface area (Å²) in [5.41, 5.74) is 1.07. The van der Waals surface area contributed by atoms with Crippen LogP contribution in [0.25, 0.3) is 0 Å². The van der Waals surface area contributed by atoms with Crippen molar-refractivity contribution in [2.45, 2.75) is 19.4 Å². The first-order valence-corrected chi connectivity index (χ1v) is 9.16. The number of halogens is 2. The highest BCUT2D eigenvalue weighted by molar-refractivity contribution is 6.30. The summed E-state index contributed by atoms with van der Waals surface area (Å²) in [5, 5.41) is 0.708. The number of nitrogens with zero attached hydrogens (tertiary/aromatic N) is 2. The molecule has 138 valence electrons. The average molecular weight is 377 g/mol. The summed E-state index contributed by atoms with van der Waals surface area (Å²) in [6, 6.07) is 13.5. The van der Waals surface area contributed by atoms with E-state index in [1.807, 2.05) is 36.1 Å². The summed E-state index contributed by atoms with van der Waals surface area (Å²) >= 11 is 6.06. The Morgan fingerprint density at radius 1 is 1.15 bits per heavy atom. The lowest BCUT2D eigenvalue weighted by Crippen LogP contribution is -2.52. The van der Waals surface area contributed by atoms with Gasteiger partial charge >= 0.3 is 0 Å². The summed E-state index contributed by atoms with van der Waals surface area (Å²) in [7, 11) is 0. The summed E-state index contributed by atoms with van der Waals surface area (Å²) < 4.78 is 18.8. The van der Waals surface area contributed by atoms with Gasteiger partial charge in [-0.2, -0.15) is 0 Å². The lowest BCUT2D eigenvalue weighted by molar-refractivity contribution is -0.139. The zero-order valence-electron chi connectivity index (χ0n) is 14.7. The van der Waals surface area contributed by atoms with Gasteiger partial charge in [-0.25, -0.2) is 4.39 Å². The molecular weight excluding hydrogens is 355 g/mol. The van der Waals surface area contributed by atoms with Crippen molar-refractivity contribution in [2.75, 3.05) is 31.1 Å². The maximum absolute atomic E-state index is 13.0. The van der Waals surface area contributed by atoms with Crippen molar-refractivity contribution in [1.82, 2.24) is 4.90 Å². The van der Waals surface area contributed by atoms with Crippen molar-refractivity contribution in [3.63, 3.8) is 0 Å². The Morgan fingerprint density at radius 2 is 1.85 bits per heavy atom. The van der Waals surface area contributed by atoms with E-state index in [1.165, 1.54) is 12.1 Å². The van der Waals surface area contributed by atoms with E-state index < -0.39 is 6.10 Å². The molecule has 0 spiro atoms. The zero-order chi connectivity index (χ0) is 18.5. The normalized spacial score (nSPS) is 15.7. The van der Waals surface area contributed by atoms with Crippen molar-refractivity contribution in [3.05, 3.63) is 59.4 Å².